The van der Waals surface area contributed by atoms with Crippen LogP contribution in [0, 0.1) is 0 Å². The maximum Gasteiger partial charge on any atom is 0.212 e. The van der Waals surface area contributed by atoms with Gasteiger partial charge in [0.2, 0.25) is 5.75 Å². The van der Waals surface area contributed by atoms with Gasteiger partial charge in [0.1, 0.15) is 17.2 Å². The molecular formula is C24H18O3. The van der Waals surface area contributed by atoms with Gasteiger partial charge in [-0.1, -0.05) is 60.7 Å². The Morgan fingerprint density at radius 2 is 0.704 bits per heavy atom. The monoisotopic (exact) mass is 354 g/mol. The van der Waals surface area contributed by atoms with Gasteiger partial charge in [-0.05, 0) is 48.5 Å². The molecule has 0 saturated heterocycles. The third-order valence-electron chi connectivity index (χ3n) is 3.85. The molecule has 3 heteroatoms. The Kier molecular flexibility index (Phi) is 5.02. The third-order valence-corrected chi connectivity index (χ3v) is 3.85. The summed E-state index contributed by atoms with van der Waals surface area (Å²) >= 11 is 0. The van der Waals surface area contributed by atoms with E-state index in [1.807, 2.05) is 109 Å². The lowest BCUT2D eigenvalue weighted by Gasteiger charge is -2.16. The molecule has 0 atom stereocenters. The first-order valence-corrected chi connectivity index (χ1v) is 8.70. The Balaban J connectivity index is 1.72. The molecule has 0 N–H and O–H groups in total. The summed E-state index contributed by atoms with van der Waals surface area (Å²) in [5, 5.41) is 0. The van der Waals surface area contributed by atoms with Crippen molar-refractivity contribution in [1.29, 1.82) is 0 Å². The maximum atomic E-state index is 6.14. The van der Waals surface area contributed by atoms with Crippen LogP contribution >= 0.6 is 0 Å². The minimum Gasteiger partial charge on any atom is -0.453 e. The van der Waals surface area contributed by atoms with E-state index in [1.165, 1.54) is 0 Å². The average molecular weight is 354 g/mol. The number of benzene rings is 4. The van der Waals surface area contributed by atoms with Crippen LogP contribution in [-0.2, 0) is 0 Å². The average Bonchev–Trinajstić information content (AvgIpc) is 2.73. The molecule has 132 valence electrons. The van der Waals surface area contributed by atoms with Crippen LogP contribution in [0.25, 0.3) is 0 Å². The molecule has 0 bridgehead atoms. The first-order chi connectivity index (χ1) is 13.4. The fourth-order valence-electron chi connectivity index (χ4n) is 2.59. The van der Waals surface area contributed by atoms with Crippen LogP contribution in [0.3, 0.4) is 0 Å². The van der Waals surface area contributed by atoms with Crippen LogP contribution in [0.4, 0.5) is 0 Å². The van der Waals surface area contributed by atoms with Crippen molar-refractivity contribution in [2.75, 3.05) is 0 Å². The van der Waals surface area contributed by atoms with E-state index in [-0.39, 0.29) is 0 Å². The van der Waals surface area contributed by atoms with E-state index >= 15 is 0 Å². The summed E-state index contributed by atoms with van der Waals surface area (Å²) in [6, 6.07) is 34.4. The van der Waals surface area contributed by atoms with Gasteiger partial charge in [0.25, 0.3) is 0 Å². The second-order valence-electron chi connectivity index (χ2n) is 5.83. The standard InChI is InChI=1S/C24H18O3/c1-4-11-19(12-5-1)25-22-17-10-18-23(26-20-13-6-2-7-14-20)24(22)27-21-15-8-3-9-16-21/h1-18H. The normalized spacial score (nSPS) is 10.2. The molecule has 27 heavy (non-hydrogen) atoms. The molecular weight excluding hydrogens is 336 g/mol. The topological polar surface area (TPSA) is 27.7 Å². The molecule has 3 nitrogen and oxygen atoms in total. The Hall–Kier alpha value is -3.72. The predicted molar refractivity (Wildman–Crippen MR) is 106 cm³/mol. The highest BCUT2D eigenvalue weighted by molar-refractivity contribution is 5.55. The highest BCUT2D eigenvalue weighted by Gasteiger charge is 2.15. The van der Waals surface area contributed by atoms with Crippen LogP contribution in [0.15, 0.2) is 109 Å². The Bertz CT molecular complexity index is 924. The molecule has 4 aromatic carbocycles. The van der Waals surface area contributed by atoms with Crippen molar-refractivity contribution in [3.05, 3.63) is 109 Å². The van der Waals surface area contributed by atoms with Gasteiger partial charge in [0.15, 0.2) is 11.5 Å². The maximum absolute atomic E-state index is 6.14. The van der Waals surface area contributed by atoms with Gasteiger partial charge < -0.3 is 14.2 Å². The summed E-state index contributed by atoms with van der Waals surface area (Å²) in [6.07, 6.45) is 0. The van der Waals surface area contributed by atoms with E-state index in [0.29, 0.717) is 23.0 Å². The lowest BCUT2D eigenvalue weighted by atomic mass is 10.2. The minimum absolute atomic E-state index is 0.524. The van der Waals surface area contributed by atoms with Gasteiger partial charge >= 0.3 is 0 Å². The van der Waals surface area contributed by atoms with Crippen LogP contribution < -0.4 is 14.2 Å². The van der Waals surface area contributed by atoms with Gasteiger partial charge in [-0.15, -0.1) is 0 Å². The smallest absolute Gasteiger partial charge is 0.212 e. The molecule has 0 aliphatic carbocycles. The fourth-order valence-corrected chi connectivity index (χ4v) is 2.59. The van der Waals surface area contributed by atoms with Gasteiger partial charge in [-0.25, -0.2) is 0 Å². The zero-order chi connectivity index (χ0) is 18.3. The molecule has 0 heterocycles. The Morgan fingerprint density at radius 1 is 0.333 bits per heavy atom. The Morgan fingerprint density at radius 3 is 1.11 bits per heavy atom. The van der Waals surface area contributed by atoms with Gasteiger partial charge in [0.05, 0.1) is 0 Å². The molecule has 4 aromatic rings. The van der Waals surface area contributed by atoms with E-state index in [1.54, 1.807) is 0 Å². The largest absolute Gasteiger partial charge is 0.453 e. The highest BCUT2D eigenvalue weighted by atomic mass is 16.5. The number of hydrogen-bond donors (Lipinski definition) is 0. The summed E-state index contributed by atoms with van der Waals surface area (Å²) < 4.78 is 18.2. The molecule has 0 aliphatic rings. The quantitative estimate of drug-likeness (QED) is 0.371. The summed E-state index contributed by atoms with van der Waals surface area (Å²) in [6.45, 7) is 0. The summed E-state index contributed by atoms with van der Waals surface area (Å²) in [4.78, 5) is 0. The van der Waals surface area contributed by atoms with E-state index in [2.05, 4.69) is 0 Å². The third kappa shape index (κ3) is 4.28. The van der Waals surface area contributed by atoms with Gasteiger partial charge in [-0.2, -0.15) is 0 Å². The van der Waals surface area contributed by atoms with Crippen molar-refractivity contribution >= 4 is 0 Å². The van der Waals surface area contributed by atoms with Crippen LogP contribution in [0.5, 0.6) is 34.5 Å². The highest BCUT2D eigenvalue weighted by Crippen LogP contribution is 2.43. The molecule has 0 fully saturated rings. The molecule has 0 amide bonds. The Labute approximate surface area is 158 Å². The summed E-state index contributed by atoms with van der Waals surface area (Å²) in [5.41, 5.74) is 0. The second-order valence-corrected chi connectivity index (χ2v) is 5.83. The van der Waals surface area contributed by atoms with Crippen molar-refractivity contribution in [2.45, 2.75) is 0 Å². The molecule has 0 unspecified atom stereocenters. The van der Waals surface area contributed by atoms with Gasteiger partial charge in [-0.3, -0.25) is 0 Å². The first-order valence-electron chi connectivity index (χ1n) is 8.70. The van der Waals surface area contributed by atoms with Crippen molar-refractivity contribution in [3.8, 4) is 34.5 Å². The predicted octanol–water partition coefficient (Wildman–Crippen LogP) is 7.06. The van der Waals surface area contributed by atoms with Crippen LogP contribution in [0.1, 0.15) is 0 Å². The summed E-state index contributed by atoms with van der Waals surface area (Å²) in [5.74, 6) is 3.85. The fraction of sp³-hybridized carbons (Fsp3) is 0. The van der Waals surface area contributed by atoms with Crippen LogP contribution in [0.2, 0.25) is 0 Å². The van der Waals surface area contributed by atoms with E-state index in [0.717, 1.165) is 11.5 Å². The minimum atomic E-state index is 0.524. The van der Waals surface area contributed by atoms with Crippen molar-refractivity contribution in [3.63, 3.8) is 0 Å². The molecule has 0 radical (unpaired) electrons. The summed E-state index contributed by atoms with van der Waals surface area (Å²) in [7, 11) is 0. The lowest BCUT2D eigenvalue weighted by molar-refractivity contribution is 0.386. The van der Waals surface area contributed by atoms with Gasteiger partial charge in [0, 0.05) is 0 Å². The number of para-hydroxylation sites is 4. The molecule has 0 aromatic heterocycles. The molecule has 0 spiro atoms. The number of ether oxygens (including phenoxy) is 3. The first kappa shape index (κ1) is 16.7. The van der Waals surface area contributed by atoms with Crippen molar-refractivity contribution in [2.24, 2.45) is 0 Å². The van der Waals surface area contributed by atoms with E-state index in [4.69, 9.17) is 14.2 Å². The molecule has 4 rings (SSSR count). The number of hydrogen-bond acceptors (Lipinski definition) is 3. The number of rotatable bonds is 6. The van der Waals surface area contributed by atoms with Crippen LogP contribution in [-0.4, -0.2) is 0 Å². The van der Waals surface area contributed by atoms with Crippen molar-refractivity contribution < 1.29 is 14.2 Å². The second kappa shape index (κ2) is 8.11. The SMILES string of the molecule is c1ccc(Oc2cccc(Oc3ccccc3)c2Oc2ccccc2)cc1. The zero-order valence-corrected chi connectivity index (χ0v) is 14.6. The molecule has 0 aliphatic heterocycles. The van der Waals surface area contributed by atoms with E-state index in [9.17, 15) is 0 Å². The lowest BCUT2D eigenvalue weighted by Crippen LogP contribution is -1.94. The van der Waals surface area contributed by atoms with Crippen molar-refractivity contribution in [1.82, 2.24) is 0 Å². The zero-order valence-electron chi connectivity index (χ0n) is 14.6. The van der Waals surface area contributed by atoms with E-state index < -0.39 is 0 Å². The molecule has 0 saturated carbocycles.